The van der Waals surface area contributed by atoms with Crippen LogP contribution in [0.15, 0.2) is 18.2 Å². The molecule has 1 aliphatic rings. The standard InChI is InChI=1S/C15H20N2O4/c1-17(15(19)11-7-14(18)16-8-11)9-10-4-5-12(20-2)13(6-10)21-3/h4-6,11H,7-9H2,1-3H3,(H,16,18). The van der Waals surface area contributed by atoms with Gasteiger partial charge in [-0.1, -0.05) is 6.07 Å². The third kappa shape index (κ3) is 3.45. The van der Waals surface area contributed by atoms with E-state index in [9.17, 15) is 9.59 Å². The van der Waals surface area contributed by atoms with Gasteiger partial charge in [0.25, 0.3) is 0 Å². The Hall–Kier alpha value is -2.24. The van der Waals surface area contributed by atoms with Crippen LogP contribution in [0.5, 0.6) is 11.5 Å². The Morgan fingerprint density at radius 2 is 2.05 bits per heavy atom. The van der Waals surface area contributed by atoms with E-state index in [0.717, 1.165) is 5.56 Å². The second-order valence-corrected chi connectivity index (χ2v) is 5.09. The van der Waals surface area contributed by atoms with E-state index in [1.807, 2.05) is 18.2 Å². The Labute approximate surface area is 124 Å². The summed E-state index contributed by atoms with van der Waals surface area (Å²) in [6.07, 6.45) is 0.273. The molecule has 114 valence electrons. The van der Waals surface area contributed by atoms with Gasteiger partial charge in [0, 0.05) is 26.6 Å². The number of nitrogens with one attached hydrogen (secondary N) is 1. The number of ether oxygens (including phenoxy) is 2. The van der Waals surface area contributed by atoms with Gasteiger partial charge in [-0.3, -0.25) is 9.59 Å². The minimum Gasteiger partial charge on any atom is -0.493 e. The summed E-state index contributed by atoms with van der Waals surface area (Å²) in [6, 6.07) is 5.55. The van der Waals surface area contributed by atoms with Gasteiger partial charge in [0.2, 0.25) is 11.8 Å². The molecule has 1 aromatic carbocycles. The van der Waals surface area contributed by atoms with Crippen LogP contribution >= 0.6 is 0 Å². The maximum atomic E-state index is 12.3. The molecule has 0 spiro atoms. The number of methoxy groups -OCH3 is 2. The lowest BCUT2D eigenvalue weighted by atomic mass is 10.1. The lowest BCUT2D eigenvalue weighted by Crippen LogP contribution is -2.33. The highest BCUT2D eigenvalue weighted by Gasteiger charge is 2.30. The third-order valence-corrected chi connectivity index (χ3v) is 3.57. The number of nitrogens with zero attached hydrogens (tertiary/aromatic N) is 1. The number of amides is 2. The van der Waals surface area contributed by atoms with Gasteiger partial charge in [0.05, 0.1) is 20.1 Å². The van der Waals surface area contributed by atoms with Crippen LogP contribution in [0, 0.1) is 5.92 Å². The molecular formula is C15H20N2O4. The van der Waals surface area contributed by atoms with Crippen LogP contribution in [0.2, 0.25) is 0 Å². The fraction of sp³-hybridized carbons (Fsp3) is 0.467. The molecule has 1 saturated heterocycles. The zero-order valence-electron chi connectivity index (χ0n) is 12.5. The number of carbonyl (C=O) groups excluding carboxylic acids is 2. The highest BCUT2D eigenvalue weighted by molar-refractivity contribution is 5.89. The molecule has 0 saturated carbocycles. The summed E-state index contributed by atoms with van der Waals surface area (Å²) in [4.78, 5) is 25.1. The smallest absolute Gasteiger partial charge is 0.228 e. The van der Waals surface area contributed by atoms with Crippen molar-refractivity contribution in [1.29, 1.82) is 0 Å². The van der Waals surface area contributed by atoms with E-state index in [1.54, 1.807) is 26.2 Å². The van der Waals surface area contributed by atoms with Gasteiger partial charge in [0.1, 0.15) is 0 Å². The summed E-state index contributed by atoms with van der Waals surface area (Å²) < 4.78 is 10.4. The van der Waals surface area contributed by atoms with Crippen LogP contribution in [0.25, 0.3) is 0 Å². The van der Waals surface area contributed by atoms with E-state index in [2.05, 4.69) is 5.32 Å². The van der Waals surface area contributed by atoms with Crippen LogP contribution < -0.4 is 14.8 Å². The zero-order valence-corrected chi connectivity index (χ0v) is 12.5. The van der Waals surface area contributed by atoms with E-state index >= 15 is 0 Å². The monoisotopic (exact) mass is 292 g/mol. The Kier molecular flexibility index (Phi) is 4.67. The van der Waals surface area contributed by atoms with Gasteiger partial charge in [0.15, 0.2) is 11.5 Å². The van der Waals surface area contributed by atoms with Gasteiger partial charge in [-0.15, -0.1) is 0 Å². The number of rotatable bonds is 5. The molecule has 6 nitrogen and oxygen atoms in total. The van der Waals surface area contributed by atoms with Crippen molar-refractivity contribution in [2.45, 2.75) is 13.0 Å². The molecule has 0 radical (unpaired) electrons. The van der Waals surface area contributed by atoms with E-state index in [4.69, 9.17) is 9.47 Å². The maximum absolute atomic E-state index is 12.3. The minimum atomic E-state index is -0.261. The molecule has 1 unspecified atom stereocenters. The van der Waals surface area contributed by atoms with Crippen molar-refractivity contribution in [1.82, 2.24) is 10.2 Å². The molecule has 1 fully saturated rings. The second kappa shape index (κ2) is 6.47. The number of hydrogen-bond donors (Lipinski definition) is 1. The van der Waals surface area contributed by atoms with Crippen LogP contribution in [0.4, 0.5) is 0 Å². The van der Waals surface area contributed by atoms with E-state index in [-0.39, 0.29) is 24.2 Å². The Balaban J connectivity index is 2.03. The van der Waals surface area contributed by atoms with E-state index < -0.39 is 0 Å². The zero-order chi connectivity index (χ0) is 15.4. The quantitative estimate of drug-likeness (QED) is 0.871. The minimum absolute atomic E-state index is 0.0249. The van der Waals surface area contributed by atoms with Gasteiger partial charge in [-0.25, -0.2) is 0 Å². The number of carbonyl (C=O) groups is 2. The first-order chi connectivity index (χ1) is 10.0. The number of hydrogen-bond acceptors (Lipinski definition) is 4. The Morgan fingerprint density at radius 3 is 2.62 bits per heavy atom. The SMILES string of the molecule is COc1ccc(CN(C)C(=O)C2CNC(=O)C2)cc1OC. The average Bonchev–Trinajstić information content (AvgIpc) is 2.92. The molecule has 1 aliphatic heterocycles. The van der Waals surface area contributed by atoms with Crippen LogP contribution in [-0.4, -0.2) is 44.5 Å². The van der Waals surface area contributed by atoms with Gasteiger partial charge >= 0.3 is 0 Å². The van der Waals surface area contributed by atoms with Gasteiger partial charge in [-0.2, -0.15) is 0 Å². The summed E-state index contributed by atoms with van der Waals surface area (Å²) >= 11 is 0. The van der Waals surface area contributed by atoms with Crippen molar-refractivity contribution < 1.29 is 19.1 Å². The van der Waals surface area contributed by atoms with Crippen molar-refractivity contribution >= 4 is 11.8 Å². The molecule has 1 heterocycles. The topological polar surface area (TPSA) is 67.9 Å². The molecule has 1 atom stereocenters. The van der Waals surface area contributed by atoms with Crippen molar-refractivity contribution in [3.63, 3.8) is 0 Å². The summed E-state index contributed by atoms with van der Waals surface area (Å²) in [5, 5.41) is 2.68. The Bertz CT molecular complexity index is 544. The lowest BCUT2D eigenvalue weighted by molar-refractivity contribution is -0.135. The van der Waals surface area contributed by atoms with Crippen LogP contribution in [0.1, 0.15) is 12.0 Å². The maximum Gasteiger partial charge on any atom is 0.228 e. The van der Waals surface area contributed by atoms with Gasteiger partial charge in [-0.05, 0) is 17.7 Å². The summed E-state index contributed by atoms with van der Waals surface area (Å²) in [7, 11) is 4.89. The molecule has 2 amide bonds. The predicted octanol–water partition coefficient (Wildman–Crippen LogP) is 0.798. The molecule has 0 aromatic heterocycles. The van der Waals surface area contributed by atoms with E-state index in [0.29, 0.717) is 24.6 Å². The molecule has 2 rings (SSSR count). The first kappa shape index (κ1) is 15.2. The molecule has 1 N–H and O–H groups in total. The average molecular weight is 292 g/mol. The second-order valence-electron chi connectivity index (χ2n) is 5.09. The van der Waals surface area contributed by atoms with E-state index in [1.165, 1.54) is 0 Å². The largest absolute Gasteiger partial charge is 0.493 e. The van der Waals surface area contributed by atoms with Crippen molar-refractivity contribution in [3.8, 4) is 11.5 Å². The summed E-state index contributed by atoms with van der Waals surface area (Å²) in [6.45, 7) is 0.887. The molecule has 1 aromatic rings. The molecule has 0 bridgehead atoms. The van der Waals surface area contributed by atoms with Crippen molar-refractivity contribution in [2.75, 3.05) is 27.8 Å². The molecule has 0 aliphatic carbocycles. The first-order valence-electron chi connectivity index (χ1n) is 6.77. The lowest BCUT2D eigenvalue weighted by Gasteiger charge is -2.21. The molecule has 6 heteroatoms. The summed E-state index contributed by atoms with van der Waals surface area (Å²) in [5.41, 5.74) is 0.945. The molecule has 21 heavy (non-hydrogen) atoms. The first-order valence-corrected chi connectivity index (χ1v) is 6.77. The Morgan fingerprint density at radius 1 is 1.33 bits per heavy atom. The van der Waals surface area contributed by atoms with Crippen LogP contribution in [-0.2, 0) is 16.1 Å². The van der Waals surface area contributed by atoms with Crippen molar-refractivity contribution in [2.24, 2.45) is 5.92 Å². The number of benzene rings is 1. The molecular weight excluding hydrogens is 272 g/mol. The highest BCUT2D eigenvalue weighted by atomic mass is 16.5. The van der Waals surface area contributed by atoms with Gasteiger partial charge < -0.3 is 19.7 Å². The normalized spacial score (nSPS) is 17.3. The summed E-state index contributed by atoms with van der Waals surface area (Å²) in [5.74, 6) is 0.938. The third-order valence-electron chi connectivity index (χ3n) is 3.57. The van der Waals surface area contributed by atoms with Crippen molar-refractivity contribution in [3.05, 3.63) is 23.8 Å². The fourth-order valence-electron chi connectivity index (χ4n) is 2.42. The predicted molar refractivity (Wildman–Crippen MR) is 77.1 cm³/mol. The highest BCUT2D eigenvalue weighted by Crippen LogP contribution is 2.28. The van der Waals surface area contributed by atoms with Crippen LogP contribution in [0.3, 0.4) is 0 Å². The fourth-order valence-corrected chi connectivity index (χ4v) is 2.42.